The molecule has 184 valence electrons. The lowest BCUT2D eigenvalue weighted by Gasteiger charge is -2.20. The van der Waals surface area contributed by atoms with Crippen molar-refractivity contribution >= 4 is 23.0 Å². The van der Waals surface area contributed by atoms with Gasteiger partial charge in [0.15, 0.2) is 5.11 Å². The molecule has 9 nitrogen and oxygen atoms in total. The fourth-order valence-corrected chi connectivity index (χ4v) is 5.57. The maximum atomic E-state index is 6.14. The van der Waals surface area contributed by atoms with Crippen molar-refractivity contribution in [2.75, 3.05) is 32.8 Å². The smallest absolute Gasteiger partial charge is 0.171 e. The largest absolute Gasteiger partial charge is 0.497 e. The average molecular weight is 488 g/mol. The minimum Gasteiger partial charge on any atom is -0.497 e. The monoisotopic (exact) mass is 487 g/mol. The molecule has 1 aromatic carbocycles. The summed E-state index contributed by atoms with van der Waals surface area (Å²) in [5, 5.41) is 15.9. The number of methoxy groups -OCH3 is 2. The Hall–Kier alpha value is -2.43. The highest BCUT2D eigenvalue weighted by molar-refractivity contribution is 7.80. The Labute approximate surface area is 205 Å². The van der Waals surface area contributed by atoms with E-state index < -0.39 is 0 Å². The molecule has 1 aliphatic carbocycles. The first-order valence-corrected chi connectivity index (χ1v) is 12.5. The first-order valence-electron chi connectivity index (χ1n) is 12.1. The highest BCUT2D eigenvalue weighted by Crippen LogP contribution is 2.34. The minimum atomic E-state index is -0.101. The van der Waals surface area contributed by atoms with Gasteiger partial charge in [-0.15, -0.1) is 5.10 Å². The molecule has 1 aromatic heterocycles. The van der Waals surface area contributed by atoms with E-state index in [1.165, 1.54) is 32.1 Å². The molecule has 0 spiro atoms. The van der Waals surface area contributed by atoms with Crippen LogP contribution in [0, 0.1) is 5.92 Å². The molecule has 3 aliphatic rings. The molecular formula is C24H33N5O4S. The zero-order valence-corrected chi connectivity index (χ0v) is 20.6. The van der Waals surface area contributed by atoms with Gasteiger partial charge in [0.1, 0.15) is 29.7 Å². The van der Waals surface area contributed by atoms with Crippen LogP contribution in [-0.2, 0) is 15.9 Å². The number of nitrogens with zero attached hydrogens (tertiary/aromatic N) is 3. The summed E-state index contributed by atoms with van der Waals surface area (Å²) in [6.45, 7) is 1.06. The van der Waals surface area contributed by atoms with E-state index in [0.717, 1.165) is 23.7 Å². The van der Waals surface area contributed by atoms with Crippen LogP contribution in [0.4, 0.5) is 5.69 Å². The Morgan fingerprint density at radius 1 is 1.06 bits per heavy atom. The maximum Gasteiger partial charge on any atom is 0.171 e. The van der Waals surface area contributed by atoms with Gasteiger partial charge in [-0.05, 0) is 24.6 Å². The summed E-state index contributed by atoms with van der Waals surface area (Å²) in [6.07, 6.45) is 9.56. The number of hydrogen-bond acceptors (Lipinski definition) is 7. The van der Waals surface area contributed by atoms with Gasteiger partial charge in [-0.2, -0.15) is 0 Å². The summed E-state index contributed by atoms with van der Waals surface area (Å²) in [5.74, 6) is 2.11. The zero-order chi connectivity index (χ0) is 23.5. The summed E-state index contributed by atoms with van der Waals surface area (Å²) in [4.78, 5) is 0. The van der Waals surface area contributed by atoms with Crippen LogP contribution in [0.2, 0.25) is 0 Å². The number of anilines is 1. The number of fused-ring (bicyclic) bond motifs is 1. The molecule has 2 aromatic rings. The van der Waals surface area contributed by atoms with Crippen molar-refractivity contribution in [3.05, 3.63) is 30.1 Å². The van der Waals surface area contributed by atoms with Crippen molar-refractivity contribution < 1.29 is 18.9 Å². The number of benzene rings is 1. The normalized spacial score (nSPS) is 26.8. The van der Waals surface area contributed by atoms with E-state index in [1.54, 1.807) is 14.2 Å². The van der Waals surface area contributed by atoms with Crippen molar-refractivity contribution in [3.8, 4) is 11.5 Å². The molecule has 3 heterocycles. The topological polar surface area (TPSA) is 91.7 Å². The Balaban J connectivity index is 1.17. The summed E-state index contributed by atoms with van der Waals surface area (Å²) < 4.78 is 24.9. The molecule has 2 aliphatic heterocycles. The summed E-state index contributed by atoms with van der Waals surface area (Å²) in [6, 6.07) is 5.51. The van der Waals surface area contributed by atoms with E-state index in [-0.39, 0.29) is 24.3 Å². The Kier molecular flexibility index (Phi) is 7.17. The van der Waals surface area contributed by atoms with E-state index >= 15 is 0 Å². The lowest BCUT2D eigenvalue weighted by Crippen LogP contribution is -2.45. The second-order valence-corrected chi connectivity index (χ2v) is 9.78. The van der Waals surface area contributed by atoms with Gasteiger partial charge >= 0.3 is 0 Å². The number of rotatable bonds is 7. The van der Waals surface area contributed by atoms with Gasteiger partial charge in [-0.1, -0.05) is 37.3 Å². The fourth-order valence-electron chi connectivity index (χ4n) is 5.30. The number of aromatic nitrogens is 3. The van der Waals surface area contributed by atoms with Crippen LogP contribution in [0.1, 0.15) is 43.8 Å². The van der Waals surface area contributed by atoms with Crippen molar-refractivity contribution in [1.29, 1.82) is 0 Å². The predicted molar refractivity (Wildman–Crippen MR) is 132 cm³/mol. The van der Waals surface area contributed by atoms with Crippen LogP contribution in [0.15, 0.2) is 24.4 Å². The van der Waals surface area contributed by atoms with Crippen LogP contribution in [0.5, 0.6) is 11.5 Å². The van der Waals surface area contributed by atoms with Gasteiger partial charge in [0, 0.05) is 30.1 Å². The number of hydrogen-bond donors (Lipinski definition) is 2. The molecule has 2 saturated heterocycles. The predicted octanol–water partition coefficient (Wildman–Crippen LogP) is 3.11. The third-order valence-corrected chi connectivity index (χ3v) is 7.29. The highest BCUT2D eigenvalue weighted by Gasteiger charge is 2.49. The van der Waals surface area contributed by atoms with Crippen LogP contribution in [0.25, 0.3) is 0 Å². The molecule has 5 rings (SSSR count). The SMILES string of the molecule is COc1cc(NC(=S)NC2COC3C2OCC3n2cc(CC3CCCCC3)nn2)cc(OC)c1. The maximum absolute atomic E-state index is 6.14. The Bertz CT molecular complexity index is 973. The second-order valence-electron chi connectivity index (χ2n) is 9.37. The van der Waals surface area contributed by atoms with Gasteiger partial charge in [0.2, 0.25) is 0 Å². The van der Waals surface area contributed by atoms with E-state index in [9.17, 15) is 0 Å². The first-order chi connectivity index (χ1) is 16.6. The van der Waals surface area contributed by atoms with Gasteiger partial charge in [0.25, 0.3) is 0 Å². The van der Waals surface area contributed by atoms with Crippen molar-refractivity contribution in [3.63, 3.8) is 0 Å². The molecule has 0 bridgehead atoms. The third kappa shape index (κ3) is 5.13. The number of nitrogens with one attached hydrogen (secondary N) is 2. The quantitative estimate of drug-likeness (QED) is 0.572. The molecule has 10 heteroatoms. The summed E-state index contributed by atoms with van der Waals surface area (Å²) in [7, 11) is 3.24. The van der Waals surface area contributed by atoms with E-state index in [0.29, 0.717) is 29.8 Å². The van der Waals surface area contributed by atoms with Crippen molar-refractivity contribution in [1.82, 2.24) is 20.3 Å². The lowest BCUT2D eigenvalue weighted by molar-refractivity contribution is 0.0624. The molecule has 3 fully saturated rings. The molecule has 34 heavy (non-hydrogen) atoms. The summed E-state index contributed by atoms with van der Waals surface area (Å²) in [5.41, 5.74) is 1.85. The molecule has 4 atom stereocenters. The summed E-state index contributed by atoms with van der Waals surface area (Å²) >= 11 is 5.55. The van der Waals surface area contributed by atoms with E-state index in [4.69, 9.17) is 31.2 Å². The van der Waals surface area contributed by atoms with Crippen LogP contribution >= 0.6 is 12.2 Å². The highest BCUT2D eigenvalue weighted by atomic mass is 32.1. The molecule has 2 N–H and O–H groups in total. The number of ether oxygens (including phenoxy) is 4. The van der Waals surface area contributed by atoms with E-state index in [2.05, 4.69) is 27.1 Å². The molecule has 0 radical (unpaired) electrons. The van der Waals surface area contributed by atoms with Crippen LogP contribution in [0.3, 0.4) is 0 Å². The second kappa shape index (κ2) is 10.5. The van der Waals surface area contributed by atoms with Crippen molar-refractivity contribution in [2.45, 2.75) is 62.8 Å². The Morgan fingerprint density at radius 3 is 2.53 bits per heavy atom. The standard InChI is InChI=1S/C24H33N5O4S/c1-30-18-9-16(10-19(11-18)31-2)25-24(34)26-20-13-32-23-21(14-33-22(20)23)29-12-17(27-28-29)8-15-6-4-3-5-7-15/h9-12,15,20-23H,3-8,13-14H2,1-2H3,(H2,25,26,34). The van der Waals surface area contributed by atoms with Gasteiger partial charge < -0.3 is 29.6 Å². The van der Waals surface area contributed by atoms with Crippen molar-refractivity contribution in [2.24, 2.45) is 5.92 Å². The minimum absolute atomic E-state index is 0.0218. The average Bonchev–Trinajstić information content (AvgIpc) is 3.57. The lowest BCUT2D eigenvalue weighted by atomic mass is 9.86. The van der Waals surface area contributed by atoms with Crippen LogP contribution in [-0.4, -0.2) is 65.8 Å². The number of thiocarbonyl (C=S) groups is 1. The Morgan fingerprint density at radius 2 is 1.79 bits per heavy atom. The molecule has 0 amide bonds. The molecule has 4 unspecified atom stereocenters. The third-order valence-electron chi connectivity index (χ3n) is 7.07. The first kappa shape index (κ1) is 23.3. The van der Waals surface area contributed by atoms with Gasteiger partial charge in [-0.3, -0.25) is 0 Å². The zero-order valence-electron chi connectivity index (χ0n) is 19.7. The van der Waals surface area contributed by atoms with Crippen LogP contribution < -0.4 is 20.1 Å². The van der Waals surface area contributed by atoms with Gasteiger partial charge in [0.05, 0.1) is 39.2 Å². The molecule has 1 saturated carbocycles. The van der Waals surface area contributed by atoms with Gasteiger partial charge in [-0.25, -0.2) is 4.68 Å². The molecular weight excluding hydrogens is 454 g/mol. The fraction of sp³-hybridized carbons (Fsp3) is 0.625. The van der Waals surface area contributed by atoms with E-state index in [1.807, 2.05) is 22.9 Å².